The summed E-state index contributed by atoms with van der Waals surface area (Å²) in [4.78, 5) is 53.8. The molecule has 1 fully saturated rings. The molecule has 4 aromatic carbocycles. The summed E-state index contributed by atoms with van der Waals surface area (Å²) in [6, 6.07) is 33.3. The van der Waals surface area contributed by atoms with Gasteiger partial charge < -0.3 is 46.9 Å². The van der Waals surface area contributed by atoms with E-state index in [0.717, 1.165) is 16.7 Å². The molecule has 0 aliphatic carbocycles. The number of benzene rings is 4. The minimum atomic E-state index is -1.47. The van der Waals surface area contributed by atoms with Crippen molar-refractivity contribution in [2.75, 3.05) is 53.9 Å². The van der Waals surface area contributed by atoms with Crippen LogP contribution in [0.1, 0.15) is 69.0 Å². The fraction of sp³-hybridized carbons (Fsp3) is 0.404. The summed E-state index contributed by atoms with van der Waals surface area (Å²) in [5.41, 5.74) is 0.166. The number of esters is 2. The maximum absolute atomic E-state index is 13.6. The van der Waals surface area contributed by atoms with Crippen molar-refractivity contribution in [1.82, 2.24) is 14.2 Å². The van der Waals surface area contributed by atoms with Gasteiger partial charge in [0.25, 0.3) is 14.1 Å². The average Bonchev–Trinajstić information content (AvgIpc) is 3.77. The Bertz CT molecular complexity index is 2580. The van der Waals surface area contributed by atoms with E-state index in [1.54, 1.807) is 45.4 Å². The quantitative estimate of drug-likeness (QED) is 0.0248. The van der Waals surface area contributed by atoms with Crippen molar-refractivity contribution in [2.24, 2.45) is 0 Å². The van der Waals surface area contributed by atoms with Crippen LogP contribution in [0.25, 0.3) is 0 Å². The molecule has 1 unspecified atom stereocenters. The molecule has 1 aromatic heterocycles. The lowest BCUT2D eigenvalue weighted by atomic mass is 9.80. The van der Waals surface area contributed by atoms with E-state index in [1.807, 2.05) is 107 Å². The van der Waals surface area contributed by atoms with Crippen molar-refractivity contribution in [3.05, 3.63) is 152 Å². The molecule has 0 spiro atoms. The predicted molar refractivity (Wildman–Crippen MR) is 262 cm³/mol. The number of nitrogens with one attached hydrogen (secondary N) is 1. The minimum absolute atomic E-state index is 0.0237. The number of hydrogen-bond acceptors (Lipinski definition) is 16. The normalized spacial score (nSPS) is 16.1. The second kappa shape index (κ2) is 26.0. The van der Waals surface area contributed by atoms with E-state index in [0.29, 0.717) is 28.6 Å². The number of nitrogens with zero attached hydrogens (tertiary/aromatic N) is 3. The van der Waals surface area contributed by atoms with Gasteiger partial charge in [-0.05, 0) is 99.8 Å². The number of rotatable bonds is 26. The summed E-state index contributed by atoms with van der Waals surface area (Å²) in [6.07, 6.45) is -1.09. The first-order valence-electron chi connectivity index (χ1n) is 23.1. The molecule has 1 aliphatic heterocycles. The zero-order chi connectivity index (χ0) is 50.9. The van der Waals surface area contributed by atoms with Crippen LogP contribution in [0.2, 0.25) is 0 Å². The third kappa shape index (κ3) is 14.3. The molecule has 2 heterocycles. The van der Waals surface area contributed by atoms with Gasteiger partial charge >= 0.3 is 17.6 Å². The van der Waals surface area contributed by atoms with Crippen molar-refractivity contribution < 1.29 is 56.5 Å². The van der Waals surface area contributed by atoms with Crippen LogP contribution < -0.4 is 30.2 Å². The van der Waals surface area contributed by atoms with Crippen LogP contribution in [-0.4, -0.2) is 104 Å². The maximum Gasteiger partial charge on any atom is 0.344 e. The van der Waals surface area contributed by atoms with Gasteiger partial charge in [0.2, 0.25) is 0 Å². The molecule has 0 saturated carbocycles. The van der Waals surface area contributed by atoms with E-state index in [4.69, 9.17) is 52.2 Å². The van der Waals surface area contributed by atoms with Crippen LogP contribution >= 0.6 is 8.53 Å². The standard InChI is InChI=1S/C52H61N4O14P/c1-35(2)56(36(3)4)71(67-27-11-26-53)68-29-28-63-48(57)33-64-43-22-24-44(25-23-43)65-34-49(58)70-45-30-47(55-31-37(5)50(59)54-51(55)60)69-46(45)32-66-52(38-12-9-8-10-13-38,39-14-18-41(61-6)19-15-39)40-16-20-42(62-7)21-17-40/h8-10,12-25,31,35-36,45-47H,11,27-30,32-34H2,1-7H3,(H,54,59,60)/t45-,46+,47+,71?/m0/s1. The van der Waals surface area contributed by atoms with Crippen LogP contribution in [0.4, 0.5) is 0 Å². The Kier molecular flexibility index (Phi) is 19.7. The number of methoxy groups -OCH3 is 2. The Labute approximate surface area is 414 Å². The zero-order valence-corrected chi connectivity index (χ0v) is 41.8. The summed E-state index contributed by atoms with van der Waals surface area (Å²) in [5, 5.41) is 8.93. The first kappa shape index (κ1) is 53.8. The van der Waals surface area contributed by atoms with Gasteiger partial charge in [-0.1, -0.05) is 54.6 Å². The van der Waals surface area contributed by atoms with Gasteiger partial charge in [-0.25, -0.2) is 19.1 Å². The molecule has 378 valence electrons. The largest absolute Gasteiger partial charge is 0.497 e. The monoisotopic (exact) mass is 996 g/mol. The summed E-state index contributed by atoms with van der Waals surface area (Å²) in [7, 11) is 1.71. The fourth-order valence-electron chi connectivity index (χ4n) is 7.97. The van der Waals surface area contributed by atoms with Gasteiger partial charge in [-0.15, -0.1) is 0 Å². The number of aromatic nitrogens is 2. The molecular weight excluding hydrogens is 936 g/mol. The van der Waals surface area contributed by atoms with Crippen LogP contribution in [0.3, 0.4) is 0 Å². The first-order valence-corrected chi connectivity index (χ1v) is 24.3. The Hall–Kier alpha value is -6.58. The van der Waals surface area contributed by atoms with E-state index in [1.165, 1.54) is 10.8 Å². The molecule has 1 aliphatic rings. The van der Waals surface area contributed by atoms with E-state index in [2.05, 4.69) is 15.7 Å². The highest BCUT2D eigenvalue weighted by molar-refractivity contribution is 7.44. The molecule has 5 aromatic rings. The number of aromatic amines is 1. The lowest BCUT2D eigenvalue weighted by molar-refractivity contribution is -0.158. The highest BCUT2D eigenvalue weighted by Gasteiger charge is 2.44. The molecule has 4 atom stereocenters. The second-order valence-electron chi connectivity index (χ2n) is 16.8. The van der Waals surface area contributed by atoms with Gasteiger partial charge in [0.15, 0.2) is 13.2 Å². The highest BCUT2D eigenvalue weighted by Crippen LogP contribution is 2.46. The molecule has 1 N–H and O–H groups in total. The van der Waals surface area contributed by atoms with Gasteiger partial charge in [-0.3, -0.25) is 14.3 Å². The fourth-order valence-corrected chi connectivity index (χ4v) is 9.55. The number of carbonyl (C=O) groups is 2. The highest BCUT2D eigenvalue weighted by atomic mass is 31.2. The smallest absolute Gasteiger partial charge is 0.344 e. The summed E-state index contributed by atoms with van der Waals surface area (Å²) in [6.45, 7) is 9.02. The van der Waals surface area contributed by atoms with Crippen LogP contribution in [0, 0.1) is 18.3 Å². The molecule has 0 bridgehead atoms. The van der Waals surface area contributed by atoms with E-state index < -0.39 is 62.4 Å². The van der Waals surface area contributed by atoms with E-state index >= 15 is 0 Å². The summed E-state index contributed by atoms with van der Waals surface area (Å²) in [5.74, 6) is 0.647. The first-order chi connectivity index (χ1) is 34.3. The Balaban J connectivity index is 1.11. The molecule has 71 heavy (non-hydrogen) atoms. The third-order valence-corrected chi connectivity index (χ3v) is 13.4. The van der Waals surface area contributed by atoms with Gasteiger partial charge in [0.1, 0.15) is 53.6 Å². The van der Waals surface area contributed by atoms with Crippen molar-refractivity contribution >= 4 is 20.5 Å². The van der Waals surface area contributed by atoms with Crippen LogP contribution in [-0.2, 0) is 43.2 Å². The lowest BCUT2D eigenvalue weighted by Gasteiger charge is -2.37. The molecule has 6 rings (SSSR count). The summed E-state index contributed by atoms with van der Waals surface area (Å²) < 4.78 is 62.5. The number of aryl methyl sites for hydroxylation is 1. The molecular formula is C52H61N4O14P. The van der Waals surface area contributed by atoms with Gasteiger partial charge in [0.05, 0.1) is 46.5 Å². The number of ether oxygens (including phenoxy) is 8. The van der Waals surface area contributed by atoms with E-state index in [-0.39, 0.29) is 58.0 Å². The van der Waals surface area contributed by atoms with Crippen molar-refractivity contribution in [2.45, 2.75) is 83.6 Å². The third-order valence-electron chi connectivity index (χ3n) is 11.3. The van der Waals surface area contributed by atoms with Crippen LogP contribution in [0.5, 0.6) is 23.0 Å². The van der Waals surface area contributed by atoms with Crippen molar-refractivity contribution in [1.29, 1.82) is 5.26 Å². The second-order valence-corrected chi connectivity index (χ2v) is 18.3. The van der Waals surface area contributed by atoms with Gasteiger partial charge in [0, 0.05) is 30.3 Å². The Morgan fingerprint density at radius 1 is 0.775 bits per heavy atom. The summed E-state index contributed by atoms with van der Waals surface area (Å²) >= 11 is 0. The molecule has 18 nitrogen and oxygen atoms in total. The molecule has 0 radical (unpaired) electrons. The number of hydrogen-bond donors (Lipinski definition) is 1. The zero-order valence-electron chi connectivity index (χ0n) is 40.9. The van der Waals surface area contributed by atoms with Gasteiger partial charge in [-0.2, -0.15) is 5.26 Å². The molecule has 0 amide bonds. The van der Waals surface area contributed by atoms with E-state index in [9.17, 15) is 19.2 Å². The molecule has 1 saturated heterocycles. The number of carbonyl (C=O) groups excluding carboxylic acids is 2. The Morgan fingerprint density at radius 3 is 1.86 bits per heavy atom. The van der Waals surface area contributed by atoms with Crippen LogP contribution in [0.15, 0.2) is 119 Å². The predicted octanol–water partition coefficient (Wildman–Crippen LogP) is 7.36. The number of nitriles is 1. The number of H-pyrrole nitrogens is 1. The molecule has 19 heteroatoms. The SMILES string of the molecule is COc1ccc(C(OC[C@H]2O[C@@H](n3cc(C)c(=O)[nH]c3=O)C[C@@H]2OC(=O)COc2ccc(OCC(=O)OCCOP(OCCC#N)N(C(C)C)C(C)C)cc2)(c2ccccc2)c2ccc(OC)cc2)cc1. The van der Waals surface area contributed by atoms with Crippen molar-refractivity contribution in [3.8, 4) is 29.1 Å². The maximum atomic E-state index is 13.6. The lowest BCUT2D eigenvalue weighted by Crippen LogP contribution is -2.39. The van der Waals surface area contributed by atoms with Crippen molar-refractivity contribution in [3.63, 3.8) is 0 Å². The minimum Gasteiger partial charge on any atom is -0.497 e. The average molecular weight is 997 g/mol. The Morgan fingerprint density at radius 2 is 1.31 bits per heavy atom. The topological polar surface area (TPSA) is 208 Å².